The molecule has 1 heterocycles. The van der Waals surface area contributed by atoms with Crippen molar-refractivity contribution < 1.29 is 18.0 Å². The third-order valence-corrected chi connectivity index (χ3v) is 7.71. The van der Waals surface area contributed by atoms with Crippen LogP contribution in [0.25, 0.3) is 0 Å². The molecule has 0 bridgehead atoms. The lowest BCUT2D eigenvalue weighted by Crippen LogP contribution is -2.40. The van der Waals surface area contributed by atoms with Gasteiger partial charge in [0, 0.05) is 24.6 Å². The quantitative estimate of drug-likeness (QED) is 0.623. The van der Waals surface area contributed by atoms with E-state index >= 15 is 0 Å². The Hall–Kier alpha value is -1.89. The van der Waals surface area contributed by atoms with Gasteiger partial charge in [0.2, 0.25) is 0 Å². The van der Waals surface area contributed by atoms with Gasteiger partial charge in [0.05, 0.1) is 26.3 Å². The van der Waals surface area contributed by atoms with Crippen molar-refractivity contribution in [1.82, 2.24) is 4.90 Å². The number of Topliss-reactive ketones (excluding diaryl/α,β-unsaturated/α-hetero) is 1. The molecule has 0 atom stereocenters. The highest BCUT2D eigenvalue weighted by Gasteiger charge is 2.30. The molecule has 2 aromatic rings. The minimum Gasteiger partial charge on any atom is -0.339 e. The van der Waals surface area contributed by atoms with Crippen molar-refractivity contribution in [3.05, 3.63) is 63.6 Å². The smallest absolute Gasteiger partial charge is 0.255 e. The van der Waals surface area contributed by atoms with Gasteiger partial charge in [-0.3, -0.25) is 9.59 Å². The van der Waals surface area contributed by atoms with E-state index in [9.17, 15) is 18.0 Å². The summed E-state index contributed by atoms with van der Waals surface area (Å²) in [6, 6.07) is 11.1. The molecule has 0 N–H and O–H groups in total. The molecule has 5 nitrogen and oxygen atoms in total. The van der Waals surface area contributed by atoms with Gasteiger partial charge < -0.3 is 4.90 Å². The second kappa shape index (κ2) is 8.86. The van der Waals surface area contributed by atoms with Crippen LogP contribution in [0, 0.1) is 5.92 Å². The van der Waals surface area contributed by atoms with Gasteiger partial charge >= 0.3 is 0 Å². The summed E-state index contributed by atoms with van der Waals surface area (Å²) in [6.45, 7) is 2.32. The Balaban J connectivity index is 1.72. The summed E-state index contributed by atoms with van der Waals surface area (Å²) in [5.74, 6) is -0.633. The number of carbonyl (C=O) groups is 2. The third-order valence-electron chi connectivity index (χ3n) is 5.19. The summed E-state index contributed by atoms with van der Waals surface area (Å²) >= 11 is 11.9. The molecule has 0 spiro atoms. The van der Waals surface area contributed by atoms with Crippen LogP contribution in [-0.2, 0) is 9.84 Å². The van der Waals surface area contributed by atoms with Crippen molar-refractivity contribution in [2.45, 2.75) is 24.7 Å². The molecule has 8 heteroatoms. The first-order valence-electron chi connectivity index (χ1n) is 9.35. The van der Waals surface area contributed by atoms with Gasteiger partial charge in [0.15, 0.2) is 15.6 Å². The molecule has 0 unspecified atom stereocenters. The Morgan fingerprint density at radius 2 is 1.69 bits per heavy atom. The van der Waals surface area contributed by atoms with Crippen LogP contribution in [0.3, 0.4) is 0 Å². The van der Waals surface area contributed by atoms with E-state index in [0.29, 0.717) is 41.5 Å². The Morgan fingerprint density at radius 1 is 1.03 bits per heavy atom. The summed E-state index contributed by atoms with van der Waals surface area (Å²) in [6.07, 6.45) is 1.01. The average molecular weight is 454 g/mol. The zero-order valence-electron chi connectivity index (χ0n) is 15.9. The molecule has 0 radical (unpaired) electrons. The Bertz CT molecular complexity index is 1040. The van der Waals surface area contributed by atoms with Crippen LogP contribution in [0.1, 0.15) is 40.5 Å². The Morgan fingerprint density at radius 3 is 2.31 bits per heavy atom. The van der Waals surface area contributed by atoms with Crippen LogP contribution in [-0.4, -0.2) is 43.9 Å². The van der Waals surface area contributed by atoms with Crippen LogP contribution in [0.2, 0.25) is 10.0 Å². The number of benzene rings is 2. The number of hydrogen-bond acceptors (Lipinski definition) is 4. The summed E-state index contributed by atoms with van der Waals surface area (Å²) < 4.78 is 24.6. The zero-order chi connectivity index (χ0) is 21.2. The standard InChI is InChI=1S/C21H21Cl2NO4S/c1-2-29(27,28)19-6-4-3-5-16(19)21(26)24-11-9-14(10-12-24)20(25)15-7-8-17(22)18(23)13-15/h3-8,13-14H,2,9-12H2,1H3. The van der Waals surface area contributed by atoms with E-state index in [1.54, 1.807) is 42.2 Å². The van der Waals surface area contributed by atoms with Crippen LogP contribution < -0.4 is 0 Å². The summed E-state index contributed by atoms with van der Waals surface area (Å²) in [5.41, 5.74) is 0.687. The molecule has 1 aliphatic rings. The van der Waals surface area contributed by atoms with Gasteiger partial charge in [-0.05, 0) is 43.2 Å². The number of nitrogens with zero attached hydrogens (tertiary/aromatic N) is 1. The molecule has 3 rings (SSSR count). The van der Waals surface area contributed by atoms with Gasteiger partial charge in [-0.15, -0.1) is 0 Å². The minimum atomic E-state index is -3.51. The minimum absolute atomic E-state index is 0.0235. The van der Waals surface area contributed by atoms with Crippen molar-refractivity contribution in [1.29, 1.82) is 0 Å². The molecule has 29 heavy (non-hydrogen) atoms. The van der Waals surface area contributed by atoms with Crippen LogP contribution in [0.15, 0.2) is 47.4 Å². The number of amides is 1. The van der Waals surface area contributed by atoms with E-state index in [0.717, 1.165) is 0 Å². The molecule has 0 aliphatic carbocycles. The lowest BCUT2D eigenvalue weighted by Gasteiger charge is -2.31. The van der Waals surface area contributed by atoms with Gasteiger partial charge in [-0.25, -0.2) is 8.42 Å². The average Bonchev–Trinajstić information content (AvgIpc) is 2.74. The highest BCUT2D eigenvalue weighted by Crippen LogP contribution is 2.28. The maximum absolute atomic E-state index is 13.0. The highest BCUT2D eigenvalue weighted by atomic mass is 35.5. The Labute approximate surface area is 180 Å². The molecule has 154 valence electrons. The zero-order valence-corrected chi connectivity index (χ0v) is 18.2. The first-order valence-corrected chi connectivity index (χ1v) is 11.8. The normalized spacial score (nSPS) is 15.3. The van der Waals surface area contributed by atoms with Gasteiger partial charge in [0.25, 0.3) is 5.91 Å². The lowest BCUT2D eigenvalue weighted by atomic mass is 9.88. The van der Waals surface area contributed by atoms with Gasteiger partial charge in [0.1, 0.15) is 0 Å². The monoisotopic (exact) mass is 453 g/mol. The fourth-order valence-electron chi connectivity index (χ4n) is 3.47. The van der Waals surface area contributed by atoms with Crippen molar-refractivity contribution in [2.24, 2.45) is 5.92 Å². The maximum atomic E-state index is 13.0. The maximum Gasteiger partial charge on any atom is 0.255 e. The second-order valence-corrected chi connectivity index (χ2v) is 10.0. The largest absolute Gasteiger partial charge is 0.339 e. The molecule has 0 aromatic heterocycles. The van der Waals surface area contributed by atoms with E-state index in [2.05, 4.69) is 0 Å². The van der Waals surface area contributed by atoms with Crippen molar-refractivity contribution >= 4 is 44.7 Å². The number of piperidine rings is 1. The van der Waals surface area contributed by atoms with Gasteiger partial charge in [-0.1, -0.05) is 42.3 Å². The van der Waals surface area contributed by atoms with Crippen molar-refractivity contribution in [3.63, 3.8) is 0 Å². The van der Waals surface area contributed by atoms with Crippen LogP contribution in [0.5, 0.6) is 0 Å². The number of carbonyl (C=O) groups excluding carboxylic acids is 2. The van der Waals surface area contributed by atoms with E-state index in [1.807, 2.05) is 0 Å². The third kappa shape index (κ3) is 4.65. The summed E-state index contributed by atoms with van der Waals surface area (Å²) in [4.78, 5) is 27.4. The van der Waals surface area contributed by atoms with E-state index < -0.39 is 9.84 Å². The molecule has 1 saturated heterocycles. The lowest BCUT2D eigenvalue weighted by molar-refractivity contribution is 0.0647. The fourth-order valence-corrected chi connectivity index (χ4v) is 4.86. The summed E-state index contributed by atoms with van der Waals surface area (Å²) in [5, 5.41) is 0.725. The number of rotatable bonds is 5. The molecule has 1 aliphatic heterocycles. The fraction of sp³-hybridized carbons (Fsp3) is 0.333. The van der Waals surface area contributed by atoms with E-state index in [-0.39, 0.29) is 33.8 Å². The molecule has 0 saturated carbocycles. The number of halogens is 2. The molecular weight excluding hydrogens is 433 g/mol. The first-order chi connectivity index (χ1) is 13.7. The number of hydrogen-bond donors (Lipinski definition) is 0. The number of sulfone groups is 1. The first kappa shape index (κ1) is 21.8. The second-order valence-electron chi connectivity index (χ2n) is 6.96. The topological polar surface area (TPSA) is 71.5 Å². The number of ketones is 1. The predicted octanol–water partition coefficient (Wildman–Crippen LogP) is 4.52. The molecule has 1 fully saturated rings. The molecular formula is C21H21Cl2NO4S. The van der Waals surface area contributed by atoms with E-state index in [1.165, 1.54) is 12.1 Å². The predicted molar refractivity (Wildman–Crippen MR) is 114 cm³/mol. The number of likely N-dealkylation sites (tertiary alicyclic amines) is 1. The van der Waals surface area contributed by atoms with Crippen molar-refractivity contribution in [2.75, 3.05) is 18.8 Å². The van der Waals surface area contributed by atoms with Crippen LogP contribution >= 0.6 is 23.2 Å². The van der Waals surface area contributed by atoms with E-state index in [4.69, 9.17) is 23.2 Å². The SMILES string of the molecule is CCS(=O)(=O)c1ccccc1C(=O)N1CCC(C(=O)c2ccc(Cl)c(Cl)c2)CC1. The van der Waals surface area contributed by atoms with Gasteiger partial charge in [-0.2, -0.15) is 0 Å². The Kier molecular flexibility index (Phi) is 6.66. The molecule has 2 aromatic carbocycles. The summed E-state index contributed by atoms with van der Waals surface area (Å²) in [7, 11) is -3.51. The molecule has 1 amide bonds. The van der Waals surface area contributed by atoms with Crippen molar-refractivity contribution in [3.8, 4) is 0 Å². The van der Waals surface area contributed by atoms with Crippen LogP contribution in [0.4, 0.5) is 0 Å². The highest BCUT2D eigenvalue weighted by molar-refractivity contribution is 7.91.